The molecule has 0 atom stereocenters. The largest absolute Gasteiger partial charge is 0.432 e. The molecule has 0 radical (unpaired) electrons. The maximum Gasteiger partial charge on any atom is 0.432 e. The second-order valence-corrected chi connectivity index (χ2v) is 2.84. The van der Waals surface area contributed by atoms with Crippen LogP contribution >= 0.6 is 0 Å². The fourth-order valence-electron chi connectivity index (χ4n) is 0.965. The van der Waals surface area contributed by atoms with E-state index < -0.39 is 11.9 Å². The molecular formula is C8H9F3N2O. The lowest BCUT2D eigenvalue weighted by molar-refractivity contribution is -0.141. The van der Waals surface area contributed by atoms with E-state index in [0.29, 0.717) is 6.42 Å². The van der Waals surface area contributed by atoms with Crippen molar-refractivity contribution in [2.45, 2.75) is 25.9 Å². The third-order valence-corrected chi connectivity index (χ3v) is 1.65. The molecular weight excluding hydrogens is 197 g/mol. The van der Waals surface area contributed by atoms with Gasteiger partial charge >= 0.3 is 6.18 Å². The highest BCUT2D eigenvalue weighted by Gasteiger charge is 2.33. The monoisotopic (exact) mass is 206 g/mol. The summed E-state index contributed by atoms with van der Waals surface area (Å²) in [5, 5.41) is 5.10. The number of halogens is 3. The van der Waals surface area contributed by atoms with Crippen LogP contribution in [0.4, 0.5) is 13.2 Å². The minimum atomic E-state index is -4.47. The summed E-state index contributed by atoms with van der Waals surface area (Å²) in [5.41, 5.74) is -1.14. The Morgan fingerprint density at radius 2 is 2.21 bits per heavy atom. The van der Waals surface area contributed by atoms with E-state index in [1.807, 2.05) is 0 Å². The van der Waals surface area contributed by atoms with Gasteiger partial charge in [-0.2, -0.15) is 18.3 Å². The van der Waals surface area contributed by atoms with E-state index in [0.717, 1.165) is 6.07 Å². The third kappa shape index (κ3) is 2.34. The molecule has 3 nitrogen and oxygen atoms in total. The molecule has 0 bridgehead atoms. The van der Waals surface area contributed by atoms with Gasteiger partial charge in [-0.15, -0.1) is 0 Å². The molecule has 1 heterocycles. The first-order valence-electron chi connectivity index (χ1n) is 4.11. The van der Waals surface area contributed by atoms with E-state index >= 15 is 0 Å². The summed E-state index contributed by atoms with van der Waals surface area (Å²) in [7, 11) is 0. The standard InChI is InChI=1S/C8H9F3N2O/c1-2-3-6(14)5-4-7(13-12-5)8(9,10)11/h4H,2-3H2,1H3,(H,12,13). The summed E-state index contributed by atoms with van der Waals surface area (Å²) in [6.07, 6.45) is -3.67. The number of aromatic nitrogens is 2. The van der Waals surface area contributed by atoms with E-state index in [-0.39, 0.29) is 17.9 Å². The molecule has 0 amide bonds. The number of hydrogen-bond donors (Lipinski definition) is 1. The van der Waals surface area contributed by atoms with Gasteiger partial charge in [0, 0.05) is 6.42 Å². The number of carbonyl (C=O) groups is 1. The zero-order valence-electron chi connectivity index (χ0n) is 7.48. The highest BCUT2D eigenvalue weighted by atomic mass is 19.4. The highest BCUT2D eigenvalue weighted by Crippen LogP contribution is 2.27. The number of Topliss-reactive ketones (excluding diaryl/α,β-unsaturated/α-hetero) is 1. The summed E-state index contributed by atoms with van der Waals surface area (Å²) in [4.78, 5) is 11.1. The van der Waals surface area contributed by atoms with Gasteiger partial charge < -0.3 is 0 Å². The van der Waals surface area contributed by atoms with Crippen molar-refractivity contribution < 1.29 is 18.0 Å². The number of aromatic amines is 1. The maximum absolute atomic E-state index is 12.1. The molecule has 78 valence electrons. The summed E-state index contributed by atoms with van der Waals surface area (Å²) < 4.78 is 36.2. The topological polar surface area (TPSA) is 45.8 Å². The smallest absolute Gasteiger partial charge is 0.292 e. The van der Waals surface area contributed by atoms with Crippen molar-refractivity contribution in [2.75, 3.05) is 0 Å². The average Bonchev–Trinajstić information content (AvgIpc) is 2.51. The number of alkyl halides is 3. The van der Waals surface area contributed by atoms with Crippen LogP contribution in [0.1, 0.15) is 35.9 Å². The summed E-state index contributed by atoms with van der Waals surface area (Å²) in [5.74, 6) is -0.376. The number of H-pyrrole nitrogens is 1. The first kappa shape index (κ1) is 10.7. The van der Waals surface area contributed by atoms with Gasteiger partial charge in [0.2, 0.25) is 0 Å². The van der Waals surface area contributed by atoms with Gasteiger partial charge in [0.25, 0.3) is 0 Å². The van der Waals surface area contributed by atoms with Crippen molar-refractivity contribution in [1.82, 2.24) is 10.2 Å². The molecule has 0 aliphatic heterocycles. The van der Waals surface area contributed by atoms with Crippen LogP contribution in [0.2, 0.25) is 0 Å². The molecule has 0 aliphatic carbocycles. The lowest BCUT2D eigenvalue weighted by atomic mass is 10.2. The molecule has 0 aliphatic rings. The number of ketones is 1. The van der Waals surface area contributed by atoms with Crippen LogP contribution in [0.25, 0.3) is 0 Å². The Hall–Kier alpha value is -1.33. The fourth-order valence-corrected chi connectivity index (χ4v) is 0.965. The molecule has 1 N–H and O–H groups in total. The van der Waals surface area contributed by atoms with Crippen LogP contribution in [-0.4, -0.2) is 16.0 Å². The Morgan fingerprint density at radius 1 is 1.57 bits per heavy atom. The Labute approximate surface area is 78.3 Å². The van der Waals surface area contributed by atoms with Gasteiger partial charge in [0.15, 0.2) is 5.78 Å². The first-order chi connectivity index (χ1) is 6.45. The second-order valence-electron chi connectivity index (χ2n) is 2.84. The maximum atomic E-state index is 12.1. The molecule has 1 aromatic rings. The fraction of sp³-hybridized carbons (Fsp3) is 0.500. The zero-order chi connectivity index (χ0) is 10.8. The quantitative estimate of drug-likeness (QED) is 0.772. The number of nitrogens with zero attached hydrogens (tertiary/aromatic N) is 1. The molecule has 1 aromatic heterocycles. The van der Waals surface area contributed by atoms with Crippen LogP contribution in [0.3, 0.4) is 0 Å². The molecule has 6 heteroatoms. The van der Waals surface area contributed by atoms with Gasteiger partial charge in [-0.05, 0) is 12.5 Å². The first-order valence-corrected chi connectivity index (χ1v) is 4.11. The van der Waals surface area contributed by atoms with Crippen molar-refractivity contribution in [3.63, 3.8) is 0 Å². The highest BCUT2D eigenvalue weighted by molar-refractivity contribution is 5.94. The molecule has 1 rings (SSSR count). The zero-order valence-corrected chi connectivity index (χ0v) is 7.48. The van der Waals surface area contributed by atoms with Crippen molar-refractivity contribution in [1.29, 1.82) is 0 Å². The molecule has 14 heavy (non-hydrogen) atoms. The summed E-state index contributed by atoms with van der Waals surface area (Å²) in [6.45, 7) is 1.77. The third-order valence-electron chi connectivity index (χ3n) is 1.65. The van der Waals surface area contributed by atoms with Crippen LogP contribution < -0.4 is 0 Å². The second kappa shape index (κ2) is 3.81. The molecule has 0 fully saturated rings. The van der Waals surface area contributed by atoms with Crippen molar-refractivity contribution in [2.24, 2.45) is 0 Å². The lowest BCUT2D eigenvalue weighted by Crippen LogP contribution is -2.04. The van der Waals surface area contributed by atoms with Gasteiger partial charge in [-0.1, -0.05) is 6.92 Å². The van der Waals surface area contributed by atoms with Crippen LogP contribution in [0, 0.1) is 0 Å². The molecule has 0 aromatic carbocycles. The number of carbonyl (C=O) groups excluding carboxylic acids is 1. The van der Waals surface area contributed by atoms with Gasteiger partial charge in [0.05, 0.1) is 0 Å². The molecule has 0 saturated heterocycles. The predicted molar refractivity (Wildman–Crippen MR) is 42.8 cm³/mol. The molecule has 0 saturated carbocycles. The lowest BCUT2D eigenvalue weighted by Gasteiger charge is -1.99. The summed E-state index contributed by atoms with van der Waals surface area (Å²) in [6, 6.07) is 0.734. The van der Waals surface area contributed by atoms with Crippen molar-refractivity contribution >= 4 is 5.78 Å². The number of hydrogen-bond acceptors (Lipinski definition) is 2. The average molecular weight is 206 g/mol. The summed E-state index contributed by atoms with van der Waals surface area (Å²) >= 11 is 0. The van der Waals surface area contributed by atoms with E-state index in [1.165, 1.54) is 0 Å². The molecule has 0 unspecified atom stereocenters. The Balaban J connectivity index is 2.83. The number of nitrogens with one attached hydrogen (secondary N) is 1. The van der Waals surface area contributed by atoms with E-state index in [9.17, 15) is 18.0 Å². The van der Waals surface area contributed by atoms with Crippen LogP contribution in [0.15, 0.2) is 6.07 Å². The Bertz CT molecular complexity index is 330. The predicted octanol–water partition coefficient (Wildman–Crippen LogP) is 2.41. The Morgan fingerprint density at radius 3 is 2.64 bits per heavy atom. The minimum absolute atomic E-state index is 0.154. The van der Waals surface area contributed by atoms with Crippen molar-refractivity contribution in [3.8, 4) is 0 Å². The molecule has 0 spiro atoms. The Kier molecular flexibility index (Phi) is 2.93. The minimum Gasteiger partial charge on any atom is -0.292 e. The van der Waals surface area contributed by atoms with E-state index in [1.54, 1.807) is 12.0 Å². The van der Waals surface area contributed by atoms with Gasteiger partial charge in [0.1, 0.15) is 11.4 Å². The SMILES string of the molecule is CCCC(=O)c1cc(C(F)(F)F)[nH]n1. The number of rotatable bonds is 3. The van der Waals surface area contributed by atoms with Crippen molar-refractivity contribution in [3.05, 3.63) is 17.5 Å². The normalized spacial score (nSPS) is 11.7. The van der Waals surface area contributed by atoms with E-state index in [4.69, 9.17) is 0 Å². The van der Waals surface area contributed by atoms with E-state index in [2.05, 4.69) is 5.10 Å². The van der Waals surface area contributed by atoms with Gasteiger partial charge in [-0.25, -0.2) is 0 Å². The van der Waals surface area contributed by atoms with Crippen LogP contribution in [0.5, 0.6) is 0 Å². The van der Waals surface area contributed by atoms with Crippen LogP contribution in [-0.2, 0) is 6.18 Å². The van der Waals surface area contributed by atoms with Gasteiger partial charge in [-0.3, -0.25) is 9.89 Å².